The molecular formula is C15H23N3O2. The van der Waals surface area contributed by atoms with Gasteiger partial charge in [-0.3, -0.25) is 0 Å². The van der Waals surface area contributed by atoms with Crippen LogP contribution in [0.2, 0.25) is 0 Å². The summed E-state index contributed by atoms with van der Waals surface area (Å²) in [5.41, 5.74) is 1.21. The lowest BCUT2D eigenvalue weighted by Gasteiger charge is -2.20. The second kappa shape index (κ2) is 7.03. The molecule has 1 rings (SSSR count). The van der Waals surface area contributed by atoms with E-state index in [-0.39, 0.29) is 0 Å². The molecule has 0 N–H and O–H groups in total. The molecule has 0 unspecified atom stereocenters. The predicted molar refractivity (Wildman–Crippen MR) is 80.8 cm³/mol. The third kappa shape index (κ3) is 5.38. The lowest BCUT2D eigenvalue weighted by Crippen LogP contribution is -2.21. The highest BCUT2D eigenvalue weighted by Gasteiger charge is 2.15. The highest BCUT2D eigenvalue weighted by Crippen LogP contribution is 2.20. The SMILES string of the molecule is CCN(CC)c1ccc(N=NC(=O)OC(C)(C)C)cc1. The number of carbonyl (C=O) groups excluding carboxylic acids is 1. The van der Waals surface area contributed by atoms with Gasteiger partial charge < -0.3 is 9.64 Å². The molecule has 5 heteroatoms. The topological polar surface area (TPSA) is 54.3 Å². The Hall–Kier alpha value is -1.91. The van der Waals surface area contributed by atoms with Crippen LogP contribution in [0, 0.1) is 0 Å². The number of amides is 1. The van der Waals surface area contributed by atoms with Crippen molar-refractivity contribution in [2.45, 2.75) is 40.2 Å². The molecule has 0 aliphatic heterocycles. The molecule has 0 saturated carbocycles. The molecule has 0 aliphatic carbocycles. The number of rotatable bonds is 4. The van der Waals surface area contributed by atoms with E-state index in [0.717, 1.165) is 18.8 Å². The fourth-order valence-corrected chi connectivity index (χ4v) is 1.70. The Labute approximate surface area is 120 Å². The molecule has 0 radical (unpaired) electrons. The first-order valence-corrected chi connectivity index (χ1v) is 6.85. The van der Waals surface area contributed by atoms with Gasteiger partial charge in [0.25, 0.3) is 0 Å². The van der Waals surface area contributed by atoms with Crippen molar-refractivity contribution in [1.82, 2.24) is 0 Å². The fourth-order valence-electron chi connectivity index (χ4n) is 1.70. The van der Waals surface area contributed by atoms with Crippen LogP contribution >= 0.6 is 0 Å². The van der Waals surface area contributed by atoms with E-state index in [1.807, 2.05) is 24.3 Å². The van der Waals surface area contributed by atoms with Gasteiger partial charge in [0.05, 0.1) is 5.69 Å². The standard InChI is InChI=1S/C15H23N3O2/c1-6-18(7-2)13-10-8-12(9-11-13)16-17-14(19)20-15(3,4)5/h8-11H,6-7H2,1-5H3. The van der Waals surface area contributed by atoms with E-state index in [1.54, 1.807) is 20.8 Å². The third-order valence-electron chi connectivity index (χ3n) is 2.62. The van der Waals surface area contributed by atoms with Gasteiger partial charge >= 0.3 is 6.09 Å². The number of ether oxygens (including phenoxy) is 1. The van der Waals surface area contributed by atoms with E-state index < -0.39 is 11.7 Å². The minimum absolute atomic E-state index is 0.553. The Morgan fingerprint density at radius 2 is 1.70 bits per heavy atom. The maximum absolute atomic E-state index is 11.4. The van der Waals surface area contributed by atoms with Gasteiger partial charge in [0.2, 0.25) is 0 Å². The molecule has 1 aromatic rings. The monoisotopic (exact) mass is 277 g/mol. The van der Waals surface area contributed by atoms with Crippen LogP contribution in [0.1, 0.15) is 34.6 Å². The normalized spacial score (nSPS) is 11.7. The molecule has 0 spiro atoms. The molecule has 0 aliphatic rings. The van der Waals surface area contributed by atoms with Crippen molar-refractivity contribution in [3.05, 3.63) is 24.3 Å². The minimum Gasteiger partial charge on any atom is -0.441 e. The van der Waals surface area contributed by atoms with E-state index in [2.05, 4.69) is 29.0 Å². The van der Waals surface area contributed by atoms with Crippen LogP contribution < -0.4 is 4.90 Å². The van der Waals surface area contributed by atoms with Gasteiger partial charge in [-0.05, 0) is 58.9 Å². The highest BCUT2D eigenvalue weighted by molar-refractivity contribution is 5.68. The van der Waals surface area contributed by atoms with Crippen LogP contribution in [-0.4, -0.2) is 24.8 Å². The Bertz CT molecular complexity index is 457. The number of anilines is 1. The van der Waals surface area contributed by atoms with Gasteiger partial charge in [-0.25, -0.2) is 4.79 Å². The quantitative estimate of drug-likeness (QED) is 0.758. The average Bonchev–Trinajstić information content (AvgIpc) is 2.37. The number of azo groups is 1. The Morgan fingerprint density at radius 3 is 2.15 bits per heavy atom. The number of hydrogen-bond donors (Lipinski definition) is 0. The second-order valence-corrected chi connectivity index (χ2v) is 5.37. The van der Waals surface area contributed by atoms with Crippen LogP contribution in [-0.2, 0) is 4.74 Å². The van der Waals surface area contributed by atoms with E-state index >= 15 is 0 Å². The molecule has 0 aromatic heterocycles. The molecule has 20 heavy (non-hydrogen) atoms. The summed E-state index contributed by atoms with van der Waals surface area (Å²) in [4.78, 5) is 13.6. The summed E-state index contributed by atoms with van der Waals surface area (Å²) in [6.45, 7) is 11.5. The summed E-state index contributed by atoms with van der Waals surface area (Å²) in [6, 6.07) is 7.61. The van der Waals surface area contributed by atoms with Gasteiger partial charge in [-0.2, -0.15) is 0 Å². The molecule has 1 amide bonds. The van der Waals surface area contributed by atoms with Crippen molar-refractivity contribution in [2.75, 3.05) is 18.0 Å². The average molecular weight is 277 g/mol. The summed E-state index contributed by atoms with van der Waals surface area (Å²) in [6.07, 6.45) is -0.676. The van der Waals surface area contributed by atoms with Crippen LogP contribution in [0.4, 0.5) is 16.2 Å². The molecule has 0 atom stereocenters. The molecule has 0 heterocycles. The van der Waals surface area contributed by atoms with E-state index in [1.165, 1.54) is 0 Å². The van der Waals surface area contributed by atoms with Gasteiger partial charge in [0.1, 0.15) is 5.60 Å². The Balaban J connectivity index is 2.68. The van der Waals surface area contributed by atoms with Crippen molar-refractivity contribution in [3.63, 3.8) is 0 Å². The zero-order chi connectivity index (χ0) is 15.2. The highest BCUT2D eigenvalue weighted by atomic mass is 16.6. The first-order valence-electron chi connectivity index (χ1n) is 6.85. The Morgan fingerprint density at radius 1 is 1.15 bits per heavy atom. The van der Waals surface area contributed by atoms with Crippen molar-refractivity contribution < 1.29 is 9.53 Å². The van der Waals surface area contributed by atoms with Crippen molar-refractivity contribution >= 4 is 17.5 Å². The van der Waals surface area contributed by atoms with Crippen LogP contribution in [0.5, 0.6) is 0 Å². The summed E-state index contributed by atoms with van der Waals surface area (Å²) < 4.78 is 5.05. The molecule has 1 aromatic carbocycles. The Kier molecular flexibility index (Phi) is 5.67. The maximum atomic E-state index is 11.4. The van der Waals surface area contributed by atoms with Gasteiger partial charge in [0.15, 0.2) is 0 Å². The van der Waals surface area contributed by atoms with Gasteiger partial charge in [0, 0.05) is 18.8 Å². The summed E-state index contributed by atoms with van der Waals surface area (Å²) in [7, 11) is 0. The second-order valence-electron chi connectivity index (χ2n) is 5.37. The lowest BCUT2D eigenvalue weighted by atomic mass is 10.2. The summed E-state index contributed by atoms with van der Waals surface area (Å²) in [5, 5.41) is 7.42. The molecule has 5 nitrogen and oxygen atoms in total. The number of benzene rings is 1. The van der Waals surface area contributed by atoms with Crippen LogP contribution in [0.3, 0.4) is 0 Å². The number of carbonyl (C=O) groups is 1. The zero-order valence-corrected chi connectivity index (χ0v) is 12.9. The third-order valence-corrected chi connectivity index (χ3v) is 2.62. The summed E-state index contributed by atoms with van der Waals surface area (Å²) in [5.74, 6) is 0. The predicted octanol–water partition coefficient (Wildman–Crippen LogP) is 4.55. The van der Waals surface area contributed by atoms with Crippen molar-refractivity contribution in [2.24, 2.45) is 10.2 Å². The minimum atomic E-state index is -0.676. The van der Waals surface area contributed by atoms with E-state index in [4.69, 9.17) is 4.74 Å². The number of nitrogens with zero attached hydrogens (tertiary/aromatic N) is 3. The molecule has 0 saturated heterocycles. The molecule has 0 fully saturated rings. The van der Waals surface area contributed by atoms with Gasteiger partial charge in [-0.15, -0.1) is 5.11 Å². The van der Waals surface area contributed by atoms with Crippen molar-refractivity contribution in [3.8, 4) is 0 Å². The molecular weight excluding hydrogens is 254 g/mol. The van der Waals surface area contributed by atoms with E-state index in [9.17, 15) is 4.79 Å². The first kappa shape index (κ1) is 16.1. The smallest absolute Gasteiger partial charge is 0.441 e. The maximum Gasteiger partial charge on any atom is 0.452 e. The van der Waals surface area contributed by atoms with Crippen LogP contribution in [0.25, 0.3) is 0 Å². The van der Waals surface area contributed by atoms with Crippen LogP contribution in [0.15, 0.2) is 34.5 Å². The number of hydrogen-bond acceptors (Lipinski definition) is 4. The van der Waals surface area contributed by atoms with Crippen molar-refractivity contribution in [1.29, 1.82) is 0 Å². The fraction of sp³-hybridized carbons (Fsp3) is 0.533. The lowest BCUT2D eigenvalue weighted by molar-refractivity contribution is 0.0592. The largest absolute Gasteiger partial charge is 0.452 e. The summed E-state index contributed by atoms with van der Waals surface area (Å²) >= 11 is 0. The molecule has 0 bridgehead atoms. The zero-order valence-electron chi connectivity index (χ0n) is 12.9. The van der Waals surface area contributed by atoms with E-state index in [0.29, 0.717) is 5.69 Å². The first-order chi connectivity index (χ1) is 9.35. The van der Waals surface area contributed by atoms with Gasteiger partial charge in [-0.1, -0.05) is 5.11 Å². The molecule has 110 valence electrons.